The van der Waals surface area contributed by atoms with Gasteiger partial charge in [-0.2, -0.15) is 0 Å². The van der Waals surface area contributed by atoms with Crippen LogP contribution >= 0.6 is 39.1 Å². The summed E-state index contributed by atoms with van der Waals surface area (Å²) < 4.78 is 11.1. The van der Waals surface area contributed by atoms with Gasteiger partial charge in [-0.25, -0.2) is 0 Å². The van der Waals surface area contributed by atoms with Crippen LogP contribution in [0, 0.1) is 0 Å². The minimum atomic E-state index is -0.0514. The first-order valence-electron chi connectivity index (χ1n) is 6.14. The van der Waals surface area contributed by atoms with E-state index in [0.29, 0.717) is 23.3 Å². The van der Waals surface area contributed by atoms with Crippen LogP contribution < -0.4 is 9.47 Å². The van der Waals surface area contributed by atoms with Gasteiger partial charge in [0.05, 0.1) is 14.9 Å². The summed E-state index contributed by atoms with van der Waals surface area (Å²) >= 11 is 16.0. The fourth-order valence-corrected chi connectivity index (χ4v) is 3.33. The second kappa shape index (κ2) is 5.84. The van der Waals surface area contributed by atoms with Gasteiger partial charge in [0, 0.05) is 0 Å². The molecule has 0 fully saturated rings. The van der Waals surface area contributed by atoms with Crippen molar-refractivity contribution in [3.05, 3.63) is 57.6 Å². The summed E-state index contributed by atoms with van der Waals surface area (Å²) in [5, 5.41) is 1.11. The molecule has 2 aromatic carbocycles. The van der Waals surface area contributed by atoms with Crippen LogP contribution in [0.5, 0.6) is 11.5 Å². The lowest BCUT2D eigenvalue weighted by Crippen LogP contribution is -2.15. The molecule has 0 bridgehead atoms. The van der Waals surface area contributed by atoms with E-state index in [2.05, 4.69) is 15.9 Å². The molecule has 2 nitrogen and oxygen atoms in total. The number of rotatable bonds is 2. The Hall–Kier alpha value is -0.900. The van der Waals surface area contributed by atoms with Gasteiger partial charge in [-0.1, -0.05) is 57.3 Å². The summed E-state index contributed by atoms with van der Waals surface area (Å²) in [6, 6.07) is 11.5. The van der Waals surface area contributed by atoms with E-state index >= 15 is 0 Å². The Morgan fingerprint density at radius 2 is 1.75 bits per heavy atom. The van der Waals surface area contributed by atoms with E-state index in [1.54, 1.807) is 6.07 Å². The largest absolute Gasteiger partial charge is 0.486 e. The van der Waals surface area contributed by atoms with E-state index in [0.717, 1.165) is 22.6 Å². The molecule has 0 N–H and O–H groups in total. The molecule has 1 aliphatic heterocycles. The molecule has 0 spiro atoms. The van der Waals surface area contributed by atoms with Crippen LogP contribution in [0.25, 0.3) is 0 Å². The number of hydrogen-bond acceptors (Lipinski definition) is 2. The van der Waals surface area contributed by atoms with Crippen molar-refractivity contribution in [2.75, 3.05) is 13.2 Å². The first-order valence-corrected chi connectivity index (χ1v) is 7.81. The fraction of sp³-hybridized carbons (Fsp3) is 0.200. The van der Waals surface area contributed by atoms with Crippen molar-refractivity contribution in [1.29, 1.82) is 0 Å². The molecule has 0 aliphatic carbocycles. The van der Waals surface area contributed by atoms with Crippen molar-refractivity contribution in [3.8, 4) is 11.5 Å². The SMILES string of the molecule is Clc1cccc(C(Br)c2ccc3c(c2)OCCO3)c1Cl. The van der Waals surface area contributed by atoms with Gasteiger partial charge < -0.3 is 9.47 Å². The molecule has 20 heavy (non-hydrogen) atoms. The summed E-state index contributed by atoms with van der Waals surface area (Å²) in [7, 11) is 0. The first-order chi connectivity index (χ1) is 9.66. The van der Waals surface area contributed by atoms with E-state index in [4.69, 9.17) is 32.7 Å². The van der Waals surface area contributed by atoms with Crippen LogP contribution in [0.1, 0.15) is 16.0 Å². The van der Waals surface area contributed by atoms with Crippen LogP contribution in [-0.4, -0.2) is 13.2 Å². The van der Waals surface area contributed by atoms with Gasteiger partial charge in [0.25, 0.3) is 0 Å². The lowest BCUT2D eigenvalue weighted by Gasteiger charge is -2.20. The van der Waals surface area contributed by atoms with Gasteiger partial charge in [0.15, 0.2) is 11.5 Å². The number of fused-ring (bicyclic) bond motifs is 1. The molecule has 0 aromatic heterocycles. The third-order valence-corrected chi connectivity index (χ3v) is 4.97. The Morgan fingerprint density at radius 3 is 2.55 bits per heavy atom. The minimum absolute atomic E-state index is 0.0514. The number of halogens is 3. The molecule has 0 amide bonds. The molecule has 1 unspecified atom stereocenters. The second-order valence-electron chi connectivity index (χ2n) is 4.41. The third-order valence-electron chi connectivity index (χ3n) is 3.11. The third kappa shape index (κ3) is 2.62. The molecule has 1 aliphatic rings. The molecule has 0 saturated carbocycles. The average molecular weight is 374 g/mol. The van der Waals surface area contributed by atoms with Gasteiger partial charge in [0.2, 0.25) is 0 Å². The van der Waals surface area contributed by atoms with Crippen molar-refractivity contribution in [2.45, 2.75) is 4.83 Å². The molecule has 1 atom stereocenters. The Kier molecular flexibility index (Phi) is 4.11. The number of hydrogen-bond donors (Lipinski definition) is 0. The van der Waals surface area contributed by atoms with Crippen LogP contribution in [0.3, 0.4) is 0 Å². The maximum atomic E-state index is 6.26. The number of alkyl halides is 1. The van der Waals surface area contributed by atoms with Crippen molar-refractivity contribution < 1.29 is 9.47 Å². The highest BCUT2D eigenvalue weighted by atomic mass is 79.9. The van der Waals surface area contributed by atoms with E-state index in [9.17, 15) is 0 Å². The smallest absolute Gasteiger partial charge is 0.161 e. The Morgan fingerprint density at radius 1 is 1.00 bits per heavy atom. The molecular weight excluding hydrogens is 363 g/mol. The highest BCUT2D eigenvalue weighted by Gasteiger charge is 2.19. The van der Waals surface area contributed by atoms with Crippen molar-refractivity contribution in [3.63, 3.8) is 0 Å². The van der Waals surface area contributed by atoms with Crippen LogP contribution in [0.4, 0.5) is 0 Å². The molecule has 0 radical (unpaired) electrons. The standard InChI is InChI=1S/C15H11BrCl2O2/c16-14(10-2-1-3-11(17)15(10)18)9-4-5-12-13(8-9)20-7-6-19-12/h1-5,8,14H,6-7H2. The zero-order valence-corrected chi connectivity index (χ0v) is 13.5. The summed E-state index contributed by atoms with van der Waals surface area (Å²) in [6.45, 7) is 1.16. The molecule has 5 heteroatoms. The van der Waals surface area contributed by atoms with Gasteiger partial charge in [0.1, 0.15) is 13.2 Å². The highest BCUT2D eigenvalue weighted by Crippen LogP contribution is 2.41. The molecule has 104 valence electrons. The van der Waals surface area contributed by atoms with Gasteiger partial charge >= 0.3 is 0 Å². The maximum absolute atomic E-state index is 6.26. The predicted molar refractivity (Wildman–Crippen MR) is 84.7 cm³/mol. The van der Waals surface area contributed by atoms with Gasteiger partial charge in [-0.05, 0) is 29.3 Å². The second-order valence-corrected chi connectivity index (χ2v) is 6.11. The van der Waals surface area contributed by atoms with Gasteiger partial charge in [-0.15, -0.1) is 0 Å². The number of ether oxygens (including phenoxy) is 2. The molecule has 3 rings (SSSR count). The quantitative estimate of drug-likeness (QED) is 0.669. The van der Waals surface area contributed by atoms with Crippen molar-refractivity contribution in [2.24, 2.45) is 0 Å². The summed E-state index contributed by atoms with van der Waals surface area (Å²) in [5.41, 5.74) is 1.97. The van der Waals surface area contributed by atoms with E-state index in [-0.39, 0.29) is 4.83 Å². The van der Waals surface area contributed by atoms with E-state index in [1.165, 1.54) is 0 Å². The molecule has 0 saturated heterocycles. The van der Waals surface area contributed by atoms with Crippen molar-refractivity contribution in [1.82, 2.24) is 0 Å². The Bertz CT molecular complexity index is 646. The summed E-state index contributed by atoms with van der Waals surface area (Å²) in [6.07, 6.45) is 0. The molecule has 2 aromatic rings. The summed E-state index contributed by atoms with van der Waals surface area (Å²) in [5.74, 6) is 1.54. The monoisotopic (exact) mass is 372 g/mol. The van der Waals surface area contributed by atoms with Crippen LogP contribution in [-0.2, 0) is 0 Å². The Balaban J connectivity index is 1.98. The lowest BCUT2D eigenvalue weighted by atomic mass is 10.0. The predicted octanol–water partition coefficient (Wildman–Crippen LogP) is 5.25. The molecular formula is C15H11BrCl2O2. The highest BCUT2D eigenvalue weighted by molar-refractivity contribution is 9.09. The zero-order chi connectivity index (χ0) is 14.1. The Labute approximate surface area is 135 Å². The molecule has 1 heterocycles. The normalized spacial score (nSPS) is 14.9. The van der Waals surface area contributed by atoms with Crippen LogP contribution in [0.15, 0.2) is 36.4 Å². The van der Waals surface area contributed by atoms with E-state index < -0.39 is 0 Å². The topological polar surface area (TPSA) is 18.5 Å². The lowest BCUT2D eigenvalue weighted by molar-refractivity contribution is 0.171. The average Bonchev–Trinajstić information content (AvgIpc) is 2.49. The summed E-state index contributed by atoms with van der Waals surface area (Å²) in [4.78, 5) is -0.0514. The van der Waals surface area contributed by atoms with Crippen LogP contribution in [0.2, 0.25) is 10.0 Å². The maximum Gasteiger partial charge on any atom is 0.161 e. The number of benzene rings is 2. The van der Waals surface area contributed by atoms with E-state index in [1.807, 2.05) is 30.3 Å². The van der Waals surface area contributed by atoms with Crippen molar-refractivity contribution >= 4 is 39.1 Å². The first kappa shape index (κ1) is 14.1. The fourth-order valence-electron chi connectivity index (χ4n) is 2.11. The minimum Gasteiger partial charge on any atom is -0.486 e. The van der Waals surface area contributed by atoms with Gasteiger partial charge in [-0.3, -0.25) is 0 Å². The zero-order valence-electron chi connectivity index (χ0n) is 10.4.